The van der Waals surface area contributed by atoms with Crippen LogP contribution in [0.15, 0.2) is 36.5 Å². The molecule has 1 amide bonds. The zero-order valence-corrected chi connectivity index (χ0v) is 20.9. The van der Waals surface area contributed by atoms with Crippen molar-refractivity contribution in [2.75, 3.05) is 6.54 Å². The van der Waals surface area contributed by atoms with Gasteiger partial charge >= 0.3 is 0 Å². The van der Waals surface area contributed by atoms with Crippen LogP contribution in [0.1, 0.15) is 21.6 Å². The second kappa shape index (κ2) is 9.94. The highest BCUT2D eigenvalue weighted by atomic mass is 35.5. The lowest BCUT2D eigenvalue weighted by atomic mass is 9.17. The Morgan fingerprint density at radius 2 is 1.66 bits per heavy atom. The molecule has 1 aliphatic rings. The Labute approximate surface area is 241 Å². The average Bonchev–Trinajstić information content (AvgIpc) is 2.80. The molecule has 0 bridgehead atoms. The lowest BCUT2D eigenvalue weighted by Crippen LogP contribution is -2.83. The van der Waals surface area contributed by atoms with Crippen LogP contribution in [0.2, 0.25) is 15.5 Å². The van der Waals surface area contributed by atoms with Crippen LogP contribution in [0.5, 0.6) is 0 Å². The van der Waals surface area contributed by atoms with Gasteiger partial charge in [-0.1, -0.05) is 22.9 Å². The Bertz CT molecular complexity index is 1230. The molecule has 1 fully saturated rings. The number of aromatic nitrogens is 1. The quantitative estimate of drug-likeness (QED) is 0.482. The molecule has 3 rings (SSSR count). The third kappa shape index (κ3) is 5.00. The smallest absolute Gasteiger partial charge is 0.252 e. The number of hydrogen-bond donors (Lipinski definition) is 1. The molecule has 0 aliphatic carbocycles. The van der Waals surface area contributed by atoms with Gasteiger partial charge in [-0.25, -0.2) is 8.78 Å². The van der Waals surface area contributed by atoms with Crippen molar-refractivity contribution < 1.29 is 13.6 Å². The number of piperidine rings is 1. The highest BCUT2D eigenvalue weighted by Crippen LogP contribution is 2.62. The van der Waals surface area contributed by atoms with E-state index >= 15 is 4.39 Å². The van der Waals surface area contributed by atoms with E-state index in [1.807, 2.05) is 0 Å². The summed E-state index contributed by atoms with van der Waals surface area (Å²) in [7, 11) is 66.0. The fourth-order valence-electron chi connectivity index (χ4n) is 4.28. The minimum atomic E-state index is -3.39. The highest BCUT2D eigenvalue weighted by Gasteiger charge is 2.69. The SMILES string of the molecule is [B]C([B])([B])c1ccc(CNC([B])([B])C2(F)C([B])([B])CN(C(=O)c3ccc(F)c(Cl)c3)C([B])([B])C2([B])[B])nc1. The van der Waals surface area contributed by atoms with Gasteiger partial charge in [0.05, 0.1) is 103 Å². The number of likely N-dealkylation sites (tertiary alicyclic amines) is 1. The van der Waals surface area contributed by atoms with E-state index in [0.29, 0.717) is 10.5 Å². The molecule has 18 heteroatoms. The summed E-state index contributed by atoms with van der Waals surface area (Å²) in [5.41, 5.74) is -3.00. The fraction of sp³-hybridized carbons (Fsp3) is 0.400. The zero-order valence-electron chi connectivity index (χ0n) is 20.2. The maximum atomic E-state index is 17.0. The van der Waals surface area contributed by atoms with Crippen LogP contribution in [0.4, 0.5) is 8.78 Å². The van der Waals surface area contributed by atoms with E-state index in [1.165, 1.54) is 18.3 Å². The van der Waals surface area contributed by atoms with E-state index in [1.54, 1.807) is 0 Å². The van der Waals surface area contributed by atoms with Crippen molar-refractivity contribution in [2.45, 2.75) is 38.4 Å². The molecule has 4 nitrogen and oxygen atoms in total. The number of rotatable bonds is 6. The van der Waals surface area contributed by atoms with Crippen molar-refractivity contribution in [1.82, 2.24) is 15.2 Å². The van der Waals surface area contributed by atoms with Crippen molar-refractivity contribution in [2.24, 2.45) is 0 Å². The maximum Gasteiger partial charge on any atom is 0.252 e. The molecule has 38 heavy (non-hydrogen) atoms. The average molecular weight is 502 g/mol. The van der Waals surface area contributed by atoms with Gasteiger partial charge in [0, 0.05) is 24.8 Å². The molecule has 2 aromatic rings. The van der Waals surface area contributed by atoms with Crippen LogP contribution in [-0.4, -0.2) is 125 Å². The molecule has 166 valence electrons. The molecular weight excluding hydrogens is 491 g/mol. The second-order valence-electron chi connectivity index (χ2n) is 9.61. The molecule has 0 spiro atoms. The predicted molar refractivity (Wildman–Crippen MR) is 153 cm³/mol. The van der Waals surface area contributed by atoms with Crippen molar-refractivity contribution in [3.63, 3.8) is 0 Å². The number of pyridine rings is 1. The van der Waals surface area contributed by atoms with Gasteiger partial charge in [0.25, 0.3) is 5.91 Å². The second-order valence-corrected chi connectivity index (χ2v) is 10.0. The van der Waals surface area contributed by atoms with Gasteiger partial charge in [-0.2, -0.15) is 0 Å². The van der Waals surface area contributed by atoms with Gasteiger partial charge in [-0.3, -0.25) is 9.78 Å². The number of carbonyl (C=O) groups is 1. The number of benzene rings is 1. The van der Waals surface area contributed by atoms with Crippen LogP contribution in [0.3, 0.4) is 0 Å². The van der Waals surface area contributed by atoms with Gasteiger partial charge in [0.1, 0.15) is 5.82 Å². The number of amides is 1. The summed E-state index contributed by atoms with van der Waals surface area (Å²) >= 11 is 5.77. The molecule has 1 aromatic heterocycles. The van der Waals surface area contributed by atoms with E-state index < -0.39 is 50.2 Å². The van der Waals surface area contributed by atoms with Crippen LogP contribution in [-0.2, 0) is 11.7 Å². The third-order valence-corrected chi connectivity index (χ3v) is 6.90. The Balaban J connectivity index is 1.96. The summed E-state index contributed by atoms with van der Waals surface area (Å²) in [5.74, 6) is -1.78. The van der Waals surface area contributed by atoms with Crippen LogP contribution in [0.25, 0.3) is 0 Å². The van der Waals surface area contributed by atoms with Gasteiger partial charge in [-0.05, 0) is 45.7 Å². The summed E-state index contributed by atoms with van der Waals surface area (Å²) in [4.78, 5) is 18.0. The first-order valence-electron chi connectivity index (χ1n) is 10.9. The van der Waals surface area contributed by atoms with Crippen molar-refractivity contribution in [3.8, 4) is 0 Å². The summed E-state index contributed by atoms with van der Waals surface area (Å²) in [6, 6.07) is 5.95. The summed E-state index contributed by atoms with van der Waals surface area (Å²) in [6.45, 7) is -1.15. The standard InChI is InChI=1S/C20H11B11ClF2N3O/c21-15(22)8-37(14(38)9-1-4-13(33)12(32)5-9)20(30,31)18(26,27)17(15,34)19(28,29)36-7-11-3-2-10(6-35-11)16(23,24)25/h1-6,36H,7-8H2. The summed E-state index contributed by atoms with van der Waals surface area (Å²) < 4.78 is 30.6. The fourth-order valence-corrected chi connectivity index (χ4v) is 4.46. The minimum Gasteiger partial charge on any atom is -0.352 e. The first-order valence-corrected chi connectivity index (χ1v) is 11.3. The molecule has 22 radical (unpaired) electrons. The Kier molecular flexibility index (Phi) is 8.16. The number of nitrogens with zero attached hydrogens (tertiary/aromatic N) is 2. The number of halogens is 3. The van der Waals surface area contributed by atoms with Crippen molar-refractivity contribution >= 4 is 104 Å². The van der Waals surface area contributed by atoms with Crippen LogP contribution < -0.4 is 5.32 Å². The molecule has 1 N–H and O–H groups in total. The molecule has 1 aromatic carbocycles. The molecule has 1 aliphatic heterocycles. The lowest BCUT2D eigenvalue weighted by molar-refractivity contribution is -0.0135. The van der Waals surface area contributed by atoms with E-state index in [4.69, 9.17) is 97.9 Å². The maximum absolute atomic E-state index is 17.0. The molecule has 1 saturated heterocycles. The largest absolute Gasteiger partial charge is 0.352 e. The summed E-state index contributed by atoms with van der Waals surface area (Å²) in [5, 5.41) is -10.6. The molecule has 0 saturated carbocycles. The Morgan fingerprint density at radius 1 is 1.05 bits per heavy atom. The monoisotopic (exact) mass is 503 g/mol. The van der Waals surface area contributed by atoms with Crippen molar-refractivity contribution in [1.29, 1.82) is 0 Å². The molecule has 1 unspecified atom stereocenters. The minimum absolute atomic E-state index is 0.189. The predicted octanol–water partition coefficient (Wildman–Crippen LogP) is -1.67. The van der Waals surface area contributed by atoms with Gasteiger partial charge < -0.3 is 10.2 Å². The Morgan fingerprint density at radius 3 is 2.16 bits per heavy atom. The first-order chi connectivity index (χ1) is 17.1. The van der Waals surface area contributed by atoms with Gasteiger partial charge in [-0.15, -0.1) is 5.11 Å². The number of alkyl halides is 1. The van der Waals surface area contributed by atoms with Crippen LogP contribution in [0, 0.1) is 5.82 Å². The Hall–Kier alpha value is -1.34. The topological polar surface area (TPSA) is 45.2 Å². The first kappa shape index (κ1) is 31.2. The third-order valence-electron chi connectivity index (χ3n) is 6.61. The lowest BCUT2D eigenvalue weighted by Gasteiger charge is -2.72. The molecular formula is C20H11B11ClF2N3O. The van der Waals surface area contributed by atoms with E-state index in [0.717, 1.165) is 18.2 Å². The number of nitrogens with one attached hydrogen (secondary N) is 1. The van der Waals surface area contributed by atoms with Gasteiger partial charge in [0.2, 0.25) is 0 Å². The van der Waals surface area contributed by atoms with E-state index in [-0.39, 0.29) is 22.8 Å². The summed E-state index contributed by atoms with van der Waals surface area (Å²) in [6.07, 6.45) is 1.29. The molecule has 1 atom stereocenters. The zero-order chi connectivity index (χ0) is 29.1. The number of hydrogen-bond acceptors (Lipinski definition) is 3. The highest BCUT2D eigenvalue weighted by molar-refractivity contribution is 6.60. The van der Waals surface area contributed by atoms with E-state index in [2.05, 4.69) is 10.3 Å². The number of carbonyl (C=O) groups excluding carboxylic acids is 1. The van der Waals surface area contributed by atoms with Crippen LogP contribution >= 0.6 is 11.6 Å². The van der Waals surface area contributed by atoms with Crippen molar-refractivity contribution in [3.05, 3.63) is 64.2 Å². The molecule has 2 heterocycles. The van der Waals surface area contributed by atoms with Gasteiger partial charge in [0.15, 0.2) is 0 Å². The normalized spacial score (nSPS) is 22.6. The van der Waals surface area contributed by atoms with E-state index in [9.17, 15) is 9.18 Å².